The van der Waals surface area contributed by atoms with Gasteiger partial charge in [0.05, 0.1) is 16.2 Å². The molecule has 108 valence electrons. The summed E-state index contributed by atoms with van der Waals surface area (Å²) in [5.41, 5.74) is 2.36. The Kier molecular flexibility index (Phi) is 3.49. The molecule has 0 bridgehead atoms. The molecule has 21 heavy (non-hydrogen) atoms. The third kappa shape index (κ3) is 2.82. The van der Waals surface area contributed by atoms with E-state index in [-0.39, 0.29) is 11.2 Å². The first-order chi connectivity index (χ1) is 10.1. The van der Waals surface area contributed by atoms with Crippen molar-refractivity contribution in [1.29, 1.82) is 0 Å². The van der Waals surface area contributed by atoms with E-state index in [0.717, 1.165) is 24.2 Å². The average molecular weight is 286 g/mol. The Bertz CT molecular complexity index is 737. The van der Waals surface area contributed by atoms with E-state index in [0.29, 0.717) is 24.4 Å². The van der Waals surface area contributed by atoms with Crippen molar-refractivity contribution in [2.24, 2.45) is 0 Å². The van der Waals surface area contributed by atoms with Gasteiger partial charge in [0, 0.05) is 38.1 Å². The van der Waals surface area contributed by atoms with Crippen molar-refractivity contribution in [3.05, 3.63) is 67.4 Å². The normalized spacial score (nSPS) is 13.7. The number of aromatic amines is 1. The number of benzene rings is 1. The van der Waals surface area contributed by atoms with Gasteiger partial charge in [0.2, 0.25) is 0 Å². The SMILES string of the molecule is O=c1[nH]c(Cc2ccc([N+](=O)[O-])cc2)nc2c1CNCC2. The van der Waals surface area contributed by atoms with Gasteiger partial charge in [-0.05, 0) is 5.56 Å². The summed E-state index contributed by atoms with van der Waals surface area (Å²) in [4.78, 5) is 29.5. The second-order valence-corrected chi connectivity index (χ2v) is 4.96. The quantitative estimate of drug-likeness (QED) is 0.645. The van der Waals surface area contributed by atoms with Crippen LogP contribution in [-0.4, -0.2) is 21.4 Å². The van der Waals surface area contributed by atoms with Gasteiger partial charge in [0.15, 0.2) is 0 Å². The Hall–Kier alpha value is -2.54. The first-order valence-electron chi connectivity index (χ1n) is 6.68. The highest BCUT2D eigenvalue weighted by Gasteiger charge is 2.15. The first-order valence-corrected chi connectivity index (χ1v) is 6.68. The Morgan fingerprint density at radius 2 is 2.05 bits per heavy atom. The van der Waals surface area contributed by atoms with Gasteiger partial charge >= 0.3 is 0 Å². The Labute approximate surface area is 120 Å². The summed E-state index contributed by atoms with van der Waals surface area (Å²) < 4.78 is 0. The fraction of sp³-hybridized carbons (Fsp3) is 0.286. The number of H-pyrrole nitrogens is 1. The molecule has 7 heteroatoms. The summed E-state index contributed by atoms with van der Waals surface area (Å²) in [6, 6.07) is 6.27. The molecule has 1 aliphatic heterocycles. The minimum absolute atomic E-state index is 0.0525. The van der Waals surface area contributed by atoms with E-state index in [2.05, 4.69) is 15.3 Å². The largest absolute Gasteiger partial charge is 0.312 e. The molecular formula is C14H14N4O3. The van der Waals surface area contributed by atoms with E-state index in [4.69, 9.17) is 0 Å². The molecule has 2 N–H and O–H groups in total. The van der Waals surface area contributed by atoms with Crippen molar-refractivity contribution >= 4 is 5.69 Å². The average Bonchev–Trinajstić information content (AvgIpc) is 2.48. The molecule has 0 atom stereocenters. The number of nitro benzene ring substituents is 1. The molecule has 2 aromatic rings. The van der Waals surface area contributed by atoms with Gasteiger partial charge in [0.1, 0.15) is 5.82 Å². The lowest BCUT2D eigenvalue weighted by Gasteiger charge is -2.15. The maximum Gasteiger partial charge on any atom is 0.269 e. The lowest BCUT2D eigenvalue weighted by molar-refractivity contribution is -0.384. The van der Waals surface area contributed by atoms with Gasteiger partial charge in [-0.3, -0.25) is 14.9 Å². The first kappa shape index (κ1) is 13.4. The van der Waals surface area contributed by atoms with Crippen molar-refractivity contribution in [2.75, 3.05) is 6.54 Å². The number of hydrogen-bond acceptors (Lipinski definition) is 5. The molecule has 0 radical (unpaired) electrons. The van der Waals surface area contributed by atoms with Crippen LogP contribution in [0.5, 0.6) is 0 Å². The summed E-state index contributed by atoms with van der Waals surface area (Å²) in [7, 11) is 0. The Morgan fingerprint density at radius 3 is 2.76 bits per heavy atom. The molecular weight excluding hydrogens is 272 g/mol. The minimum Gasteiger partial charge on any atom is -0.312 e. The maximum atomic E-state index is 12.0. The van der Waals surface area contributed by atoms with Crippen LogP contribution in [0.25, 0.3) is 0 Å². The van der Waals surface area contributed by atoms with Crippen molar-refractivity contribution in [3.63, 3.8) is 0 Å². The lowest BCUT2D eigenvalue weighted by atomic mass is 10.1. The number of aromatic nitrogens is 2. The Balaban J connectivity index is 1.86. The third-order valence-corrected chi connectivity index (χ3v) is 3.51. The predicted molar refractivity (Wildman–Crippen MR) is 76.2 cm³/mol. The van der Waals surface area contributed by atoms with Gasteiger partial charge < -0.3 is 10.3 Å². The molecule has 0 amide bonds. The fourth-order valence-corrected chi connectivity index (χ4v) is 2.42. The number of nitrogens with zero attached hydrogens (tertiary/aromatic N) is 2. The number of nitrogens with one attached hydrogen (secondary N) is 2. The highest BCUT2D eigenvalue weighted by atomic mass is 16.6. The van der Waals surface area contributed by atoms with Crippen LogP contribution in [0.3, 0.4) is 0 Å². The lowest BCUT2D eigenvalue weighted by Crippen LogP contribution is -2.32. The number of rotatable bonds is 3. The van der Waals surface area contributed by atoms with Gasteiger partial charge in [-0.2, -0.15) is 0 Å². The molecule has 0 aliphatic carbocycles. The van der Waals surface area contributed by atoms with Crippen molar-refractivity contribution < 1.29 is 4.92 Å². The monoisotopic (exact) mass is 286 g/mol. The Morgan fingerprint density at radius 1 is 1.29 bits per heavy atom. The van der Waals surface area contributed by atoms with Crippen LogP contribution in [0.2, 0.25) is 0 Å². The molecule has 0 saturated carbocycles. The molecule has 0 fully saturated rings. The standard InChI is InChI=1S/C14H14N4O3/c19-14-11-8-15-6-5-12(11)16-13(17-14)7-9-1-3-10(4-2-9)18(20)21/h1-4,15H,5-8H2,(H,16,17,19). The molecule has 7 nitrogen and oxygen atoms in total. The highest BCUT2D eigenvalue weighted by Crippen LogP contribution is 2.14. The van der Waals surface area contributed by atoms with Crippen LogP contribution in [-0.2, 0) is 19.4 Å². The fourth-order valence-electron chi connectivity index (χ4n) is 2.42. The van der Waals surface area contributed by atoms with Crippen LogP contribution in [0, 0.1) is 10.1 Å². The zero-order valence-corrected chi connectivity index (χ0v) is 11.3. The molecule has 1 aromatic heterocycles. The zero-order valence-electron chi connectivity index (χ0n) is 11.3. The topological polar surface area (TPSA) is 101 Å². The van der Waals surface area contributed by atoms with Crippen LogP contribution >= 0.6 is 0 Å². The van der Waals surface area contributed by atoms with Gasteiger partial charge in [0.25, 0.3) is 11.2 Å². The van der Waals surface area contributed by atoms with E-state index >= 15 is 0 Å². The summed E-state index contributed by atoms with van der Waals surface area (Å²) >= 11 is 0. The molecule has 0 spiro atoms. The zero-order chi connectivity index (χ0) is 14.8. The number of nitro groups is 1. The molecule has 0 saturated heterocycles. The molecule has 1 aliphatic rings. The molecule has 1 aromatic carbocycles. The van der Waals surface area contributed by atoms with E-state index in [1.165, 1.54) is 12.1 Å². The van der Waals surface area contributed by atoms with Gasteiger partial charge in [-0.25, -0.2) is 4.98 Å². The second-order valence-electron chi connectivity index (χ2n) is 4.96. The smallest absolute Gasteiger partial charge is 0.269 e. The summed E-state index contributed by atoms with van der Waals surface area (Å²) in [6.45, 7) is 1.37. The van der Waals surface area contributed by atoms with E-state index in [9.17, 15) is 14.9 Å². The van der Waals surface area contributed by atoms with Crippen molar-refractivity contribution in [3.8, 4) is 0 Å². The van der Waals surface area contributed by atoms with Crippen LogP contribution in [0.4, 0.5) is 5.69 Å². The van der Waals surface area contributed by atoms with E-state index in [1.807, 2.05) is 0 Å². The van der Waals surface area contributed by atoms with Crippen LogP contribution in [0.1, 0.15) is 22.6 Å². The van der Waals surface area contributed by atoms with Gasteiger partial charge in [-0.15, -0.1) is 0 Å². The second kappa shape index (κ2) is 5.45. The third-order valence-electron chi connectivity index (χ3n) is 3.51. The highest BCUT2D eigenvalue weighted by molar-refractivity contribution is 5.34. The molecule has 2 heterocycles. The van der Waals surface area contributed by atoms with E-state index in [1.54, 1.807) is 12.1 Å². The molecule has 0 unspecified atom stereocenters. The predicted octanol–water partition coefficient (Wildman–Crippen LogP) is 0.915. The van der Waals surface area contributed by atoms with Crippen molar-refractivity contribution in [2.45, 2.75) is 19.4 Å². The van der Waals surface area contributed by atoms with Gasteiger partial charge in [-0.1, -0.05) is 12.1 Å². The van der Waals surface area contributed by atoms with Crippen LogP contribution in [0.15, 0.2) is 29.1 Å². The number of hydrogen-bond donors (Lipinski definition) is 2. The van der Waals surface area contributed by atoms with Crippen molar-refractivity contribution in [1.82, 2.24) is 15.3 Å². The van der Waals surface area contributed by atoms with Crippen LogP contribution < -0.4 is 10.9 Å². The maximum absolute atomic E-state index is 12.0. The minimum atomic E-state index is -0.435. The summed E-state index contributed by atoms with van der Waals surface area (Å²) in [5.74, 6) is 0.592. The number of non-ortho nitro benzene ring substituents is 1. The van der Waals surface area contributed by atoms with E-state index < -0.39 is 4.92 Å². The summed E-state index contributed by atoms with van der Waals surface area (Å²) in [6.07, 6.45) is 1.19. The number of fused-ring (bicyclic) bond motifs is 1. The summed E-state index contributed by atoms with van der Waals surface area (Å²) in [5, 5.41) is 13.8. The molecule has 3 rings (SSSR count).